The normalized spacial score (nSPS) is 28.9. The molecular formula is C15H24N2S. The molecule has 1 fully saturated rings. The first-order valence-electron chi connectivity index (χ1n) is 6.52. The van der Waals surface area contributed by atoms with Gasteiger partial charge in [-0.15, -0.1) is 11.8 Å². The first-order chi connectivity index (χ1) is 8.39. The van der Waals surface area contributed by atoms with Crippen molar-refractivity contribution in [3.63, 3.8) is 0 Å². The molecule has 3 atom stereocenters. The lowest BCUT2D eigenvalue weighted by molar-refractivity contribution is 0.295. The molecule has 1 aliphatic heterocycles. The molecule has 3 unspecified atom stereocenters. The molecule has 0 saturated carbocycles. The van der Waals surface area contributed by atoms with Crippen molar-refractivity contribution in [2.45, 2.75) is 37.6 Å². The zero-order chi connectivity index (χ0) is 13.3. The fourth-order valence-electron chi connectivity index (χ4n) is 2.30. The SMILES string of the molecule is CN(C)C1SC(C(C)(C)C)NC1c1ccccc1. The first kappa shape index (κ1) is 13.9. The highest BCUT2D eigenvalue weighted by atomic mass is 32.2. The maximum Gasteiger partial charge on any atom is 0.0766 e. The predicted molar refractivity (Wildman–Crippen MR) is 80.6 cm³/mol. The third-order valence-electron chi connectivity index (χ3n) is 3.35. The van der Waals surface area contributed by atoms with E-state index in [9.17, 15) is 0 Å². The summed E-state index contributed by atoms with van der Waals surface area (Å²) in [5, 5.41) is 4.79. The Bertz CT molecular complexity index is 383. The average Bonchev–Trinajstić information content (AvgIpc) is 2.74. The molecule has 100 valence electrons. The lowest BCUT2D eigenvalue weighted by Crippen LogP contribution is -2.36. The third kappa shape index (κ3) is 2.90. The van der Waals surface area contributed by atoms with Crippen LogP contribution in [0.1, 0.15) is 32.4 Å². The fraction of sp³-hybridized carbons (Fsp3) is 0.600. The Hall–Kier alpha value is -0.510. The second-order valence-corrected chi connectivity index (χ2v) is 7.52. The van der Waals surface area contributed by atoms with Crippen molar-refractivity contribution >= 4 is 11.8 Å². The van der Waals surface area contributed by atoms with Crippen molar-refractivity contribution in [2.75, 3.05) is 14.1 Å². The van der Waals surface area contributed by atoms with Gasteiger partial charge in [0.05, 0.1) is 16.8 Å². The van der Waals surface area contributed by atoms with E-state index in [0.717, 1.165) is 0 Å². The van der Waals surface area contributed by atoms with Crippen LogP contribution in [0, 0.1) is 5.41 Å². The molecule has 0 aliphatic carbocycles. The minimum absolute atomic E-state index is 0.280. The van der Waals surface area contributed by atoms with E-state index in [1.807, 2.05) is 11.8 Å². The van der Waals surface area contributed by atoms with Gasteiger partial charge in [0.1, 0.15) is 0 Å². The molecule has 2 rings (SSSR count). The standard InChI is InChI=1S/C15H24N2S/c1-15(2,3)14-16-12(13(18-14)17(4)5)11-9-7-6-8-10-11/h6-10,12-14,16H,1-5H3. The van der Waals surface area contributed by atoms with Gasteiger partial charge in [-0.3, -0.25) is 10.2 Å². The highest BCUT2D eigenvalue weighted by molar-refractivity contribution is 8.00. The molecule has 0 spiro atoms. The molecule has 0 aromatic heterocycles. The second kappa shape index (κ2) is 5.24. The van der Waals surface area contributed by atoms with Crippen LogP contribution in [0.2, 0.25) is 0 Å². The van der Waals surface area contributed by atoms with Crippen LogP contribution in [0.25, 0.3) is 0 Å². The molecule has 18 heavy (non-hydrogen) atoms. The van der Waals surface area contributed by atoms with E-state index in [-0.39, 0.29) is 5.41 Å². The van der Waals surface area contributed by atoms with Gasteiger partial charge < -0.3 is 0 Å². The van der Waals surface area contributed by atoms with Gasteiger partial charge in [0, 0.05) is 0 Å². The van der Waals surface area contributed by atoms with Crippen molar-refractivity contribution in [2.24, 2.45) is 5.41 Å². The second-order valence-electron chi connectivity index (χ2n) is 6.29. The van der Waals surface area contributed by atoms with E-state index in [1.165, 1.54) is 5.56 Å². The molecular weight excluding hydrogens is 240 g/mol. The topological polar surface area (TPSA) is 15.3 Å². The molecule has 1 aliphatic rings. The zero-order valence-electron chi connectivity index (χ0n) is 12.0. The van der Waals surface area contributed by atoms with Crippen LogP contribution in [0.5, 0.6) is 0 Å². The summed E-state index contributed by atoms with van der Waals surface area (Å²) in [6.45, 7) is 6.91. The average molecular weight is 264 g/mol. The van der Waals surface area contributed by atoms with Crippen molar-refractivity contribution in [1.29, 1.82) is 0 Å². The summed E-state index contributed by atoms with van der Waals surface area (Å²) in [7, 11) is 4.33. The van der Waals surface area contributed by atoms with Crippen LogP contribution in [-0.4, -0.2) is 29.7 Å². The number of benzene rings is 1. The van der Waals surface area contributed by atoms with Crippen LogP contribution in [0.3, 0.4) is 0 Å². The van der Waals surface area contributed by atoms with E-state index in [2.05, 4.69) is 75.4 Å². The Morgan fingerprint density at radius 1 is 1.11 bits per heavy atom. The molecule has 2 nitrogen and oxygen atoms in total. The van der Waals surface area contributed by atoms with Crippen LogP contribution in [0.4, 0.5) is 0 Å². The molecule has 0 radical (unpaired) electrons. The van der Waals surface area contributed by atoms with Crippen molar-refractivity contribution in [3.05, 3.63) is 35.9 Å². The summed E-state index contributed by atoms with van der Waals surface area (Å²) in [5.74, 6) is 0. The Morgan fingerprint density at radius 3 is 2.22 bits per heavy atom. The van der Waals surface area contributed by atoms with Crippen LogP contribution in [0.15, 0.2) is 30.3 Å². The fourth-order valence-corrected chi connectivity index (χ4v) is 3.85. The lowest BCUT2D eigenvalue weighted by atomic mass is 9.95. The number of hydrogen-bond acceptors (Lipinski definition) is 3. The number of rotatable bonds is 2. The largest absolute Gasteiger partial charge is 0.296 e. The maximum atomic E-state index is 3.80. The zero-order valence-corrected chi connectivity index (χ0v) is 12.8. The summed E-state index contributed by atoms with van der Waals surface area (Å²) >= 11 is 2.04. The van der Waals surface area contributed by atoms with E-state index in [0.29, 0.717) is 16.8 Å². The summed E-state index contributed by atoms with van der Waals surface area (Å²) in [5.41, 5.74) is 1.66. The van der Waals surface area contributed by atoms with Crippen LogP contribution < -0.4 is 5.32 Å². The third-order valence-corrected chi connectivity index (χ3v) is 5.43. The van der Waals surface area contributed by atoms with Crippen LogP contribution in [-0.2, 0) is 0 Å². The smallest absolute Gasteiger partial charge is 0.0766 e. The highest BCUT2D eigenvalue weighted by Crippen LogP contribution is 2.43. The summed E-state index contributed by atoms with van der Waals surface area (Å²) in [4.78, 5) is 2.32. The van der Waals surface area contributed by atoms with E-state index in [4.69, 9.17) is 0 Å². The molecule has 1 aromatic carbocycles. The summed E-state index contributed by atoms with van der Waals surface area (Å²) in [6, 6.07) is 11.2. The highest BCUT2D eigenvalue weighted by Gasteiger charge is 2.41. The monoisotopic (exact) mass is 264 g/mol. The quantitative estimate of drug-likeness (QED) is 0.882. The van der Waals surface area contributed by atoms with E-state index < -0.39 is 0 Å². The van der Waals surface area contributed by atoms with Crippen molar-refractivity contribution in [1.82, 2.24) is 10.2 Å². The van der Waals surface area contributed by atoms with Crippen molar-refractivity contribution in [3.8, 4) is 0 Å². The first-order valence-corrected chi connectivity index (χ1v) is 7.47. The number of nitrogens with one attached hydrogen (secondary N) is 1. The molecule has 3 heteroatoms. The van der Waals surface area contributed by atoms with Gasteiger partial charge in [-0.05, 0) is 25.1 Å². The molecule has 1 heterocycles. The molecule has 1 N–H and O–H groups in total. The van der Waals surface area contributed by atoms with Crippen LogP contribution >= 0.6 is 11.8 Å². The van der Waals surface area contributed by atoms with Gasteiger partial charge in [0.15, 0.2) is 0 Å². The van der Waals surface area contributed by atoms with Gasteiger partial charge in [0.2, 0.25) is 0 Å². The number of hydrogen-bond donors (Lipinski definition) is 1. The molecule has 0 amide bonds. The minimum Gasteiger partial charge on any atom is -0.296 e. The molecule has 0 bridgehead atoms. The molecule has 1 saturated heterocycles. The Balaban J connectivity index is 2.23. The number of nitrogens with zero attached hydrogens (tertiary/aromatic N) is 1. The maximum absolute atomic E-state index is 3.80. The molecule has 1 aromatic rings. The van der Waals surface area contributed by atoms with Gasteiger partial charge in [0.25, 0.3) is 0 Å². The summed E-state index contributed by atoms with van der Waals surface area (Å²) in [6.07, 6.45) is 0. The minimum atomic E-state index is 0.280. The Kier molecular flexibility index (Phi) is 4.05. The Morgan fingerprint density at radius 2 is 1.72 bits per heavy atom. The summed E-state index contributed by atoms with van der Waals surface area (Å²) < 4.78 is 0. The van der Waals surface area contributed by atoms with E-state index >= 15 is 0 Å². The predicted octanol–water partition coefficient (Wildman–Crippen LogP) is 3.32. The van der Waals surface area contributed by atoms with Gasteiger partial charge in [-0.1, -0.05) is 51.1 Å². The van der Waals surface area contributed by atoms with Gasteiger partial charge in [-0.25, -0.2) is 0 Å². The van der Waals surface area contributed by atoms with Gasteiger partial charge in [-0.2, -0.15) is 0 Å². The number of likely N-dealkylation sites (N-methyl/N-ethyl adjacent to an activating group) is 1. The number of thioether (sulfide) groups is 1. The lowest BCUT2D eigenvalue weighted by Gasteiger charge is -2.26. The van der Waals surface area contributed by atoms with Gasteiger partial charge >= 0.3 is 0 Å². The Labute approximate surface area is 115 Å². The van der Waals surface area contributed by atoms with Crippen molar-refractivity contribution < 1.29 is 0 Å². The van der Waals surface area contributed by atoms with E-state index in [1.54, 1.807) is 0 Å².